The van der Waals surface area contributed by atoms with Gasteiger partial charge in [-0.15, -0.1) is 12.6 Å². The highest BCUT2D eigenvalue weighted by atomic mass is 32.1. The summed E-state index contributed by atoms with van der Waals surface area (Å²) in [5.41, 5.74) is 2.38. The Morgan fingerprint density at radius 3 is 2.67 bits per heavy atom. The number of nitro benzene ring substituents is 1. The molecule has 1 rings (SSSR count). The van der Waals surface area contributed by atoms with Crippen LogP contribution in [0.15, 0.2) is 23.1 Å². The van der Waals surface area contributed by atoms with Crippen LogP contribution >= 0.6 is 12.6 Å². The Labute approximate surface area is 74.1 Å². The van der Waals surface area contributed by atoms with Crippen LogP contribution in [0.3, 0.4) is 0 Å². The van der Waals surface area contributed by atoms with Crippen LogP contribution < -0.4 is 11.3 Å². The van der Waals surface area contributed by atoms with E-state index in [1.807, 2.05) is 0 Å². The van der Waals surface area contributed by atoms with E-state index in [4.69, 9.17) is 5.84 Å². The van der Waals surface area contributed by atoms with Crippen molar-refractivity contribution in [3.63, 3.8) is 0 Å². The number of thiol groups is 1. The summed E-state index contributed by atoms with van der Waals surface area (Å²) in [6.07, 6.45) is 0. The Bertz CT molecular complexity index is 316. The van der Waals surface area contributed by atoms with Gasteiger partial charge in [-0.1, -0.05) is 6.07 Å². The Morgan fingerprint density at radius 2 is 2.25 bits per heavy atom. The first-order valence-corrected chi connectivity index (χ1v) is 3.54. The third kappa shape index (κ3) is 1.49. The van der Waals surface area contributed by atoms with Gasteiger partial charge >= 0.3 is 0 Å². The quantitative estimate of drug-likeness (QED) is 0.279. The van der Waals surface area contributed by atoms with Crippen LogP contribution in [0.1, 0.15) is 0 Å². The normalized spacial score (nSPS) is 9.50. The highest BCUT2D eigenvalue weighted by Crippen LogP contribution is 2.29. The average molecular weight is 185 g/mol. The topological polar surface area (TPSA) is 81.2 Å². The minimum atomic E-state index is -0.519. The molecule has 0 saturated carbocycles. The third-order valence-electron chi connectivity index (χ3n) is 1.36. The highest BCUT2D eigenvalue weighted by molar-refractivity contribution is 7.80. The number of para-hydroxylation sites is 1. The van der Waals surface area contributed by atoms with Crippen LogP contribution in [-0.4, -0.2) is 4.92 Å². The van der Waals surface area contributed by atoms with Crippen molar-refractivity contribution in [1.82, 2.24) is 0 Å². The van der Waals surface area contributed by atoms with E-state index >= 15 is 0 Å². The van der Waals surface area contributed by atoms with E-state index in [0.29, 0.717) is 4.90 Å². The lowest BCUT2D eigenvalue weighted by molar-refractivity contribution is -0.384. The summed E-state index contributed by atoms with van der Waals surface area (Å²) in [5, 5.41) is 10.4. The first-order valence-electron chi connectivity index (χ1n) is 3.10. The number of nitro groups is 1. The fourth-order valence-electron chi connectivity index (χ4n) is 0.828. The van der Waals surface area contributed by atoms with Crippen LogP contribution in [-0.2, 0) is 0 Å². The Morgan fingerprint density at radius 1 is 1.58 bits per heavy atom. The molecule has 0 bridgehead atoms. The number of nitrogens with one attached hydrogen (secondary N) is 1. The number of nitrogens with zero attached hydrogens (tertiary/aromatic N) is 1. The summed E-state index contributed by atoms with van der Waals surface area (Å²) in [6.45, 7) is 0. The van der Waals surface area contributed by atoms with Crippen molar-refractivity contribution in [2.24, 2.45) is 5.84 Å². The molecule has 1 aromatic carbocycles. The van der Waals surface area contributed by atoms with Gasteiger partial charge in [0.1, 0.15) is 5.69 Å². The smallest absolute Gasteiger partial charge is 0.294 e. The van der Waals surface area contributed by atoms with Crippen molar-refractivity contribution in [2.45, 2.75) is 4.90 Å². The monoisotopic (exact) mass is 185 g/mol. The largest absolute Gasteiger partial charge is 0.317 e. The third-order valence-corrected chi connectivity index (χ3v) is 1.73. The van der Waals surface area contributed by atoms with E-state index in [2.05, 4.69) is 18.1 Å². The molecule has 64 valence electrons. The molecule has 0 spiro atoms. The second kappa shape index (κ2) is 3.42. The lowest BCUT2D eigenvalue weighted by Gasteiger charge is -2.03. The molecule has 0 amide bonds. The van der Waals surface area contributed by atoms with Gasteiger partial charge < -0.3 is 5.43 Å². The molecule has 0 heterocycles. The Kier molecular flexibility index (Phi) is 2.51. The van der Waals surface area contributed by atoms with Gasteiger partial charge in [-0.3, -0.25) is 16.0 Å². The second-order valence-electron chi connectivity index (χ2n) is 2.07. The molecule has 0 aliphatic rings. The molecular weight excluding hydrogens is 178 g/mol. The molecule has 0 saturated heterocycles. The summed E-state index contributed by atoms with van der Waals surface area (Å²) in [4.78, 5) is 10.3. The van der Waals surface area contributed by atoms with Crippen molar-refractivity contribution in [1.29, 1.82) is 0 Å². The van der Waals surface area contributed by atoms with Crippen molar-refractivity contribution >= 4 is 24.0 Å². The van der Waals surface area contributed by atoms with Crippen molar-refractivity contribution in [2.75, 3.05) is 5.43 Å². The van der Waals surface area contributed by atoms with Gasteiger partial charge in [-0.05, 0) is 6.07 Å². The van der Waals surface area contributed by atoms with Gasteiger partial charge in [0.15, 0.2) is 0 Å². The van der Waals surface area contributed by atoms with E-state index in [-0.39, 0.29) is 11.4 Å². The summed E-state index contributed by atoms with van der Waals surface area (Å²) in [6, 6.07) is 4.52. The predicted molar refractivity (Wildman–Crippen MR) is 48.2 cm³/mol. The fourth-order valence-corrected chi connectivity index (χ4v) is 1.09. The van der Waals surface area contributed by atoms with Crippen molar-refractivity contribution < 1.29 is 4.92 Å². The molecule has 0 atom stereocenters. The maximum absolute atomic E-state index is 10.4. The van der Waals surface area contributed by atoms with Gasteiger partial charge in [-0.2, -0.15) is 0 Å². The lowest BCUT2D eigenvalue weighted by Crippen LogP contribution is -2.09. The molecule has 1 aromatic rings. The number of rotatable bonds is 2. The summed E-state index contributed by atoms with van der Waals surface area (Å²) in [7, 11) is 0. The van der Waals surface area contributed by atoms with Crippen molar-refractivity contribution in [3.05, 3.63) is 28.3 Å². The molecule has 0 aromatic heterocycles. The molecule has 0 radical (unpaired) electrons. The number of hydrogen-bond donors (Lipinski definition) is 3. The van der Waals surface area contributed by atoms with Crippen LogP contribution in [0, 0.1) is 10.1 Å². The first-order chi connectivity index (χ1) is 5.66. The molecule has 3 N–H and O–H groups in total. The molecular formula is C6H7N3O2S. The molecule has 6 heteroatoms. The predicted octanol–water partition coefficient (Wildman–Crippen LogP) is 1.17. The number of benzene rings is 1. The first kappa shape index (κ1) is 8.82. The minimum absolute atomic E-state index is 0.0787. The van der Waals surface area contributed by atoms with E-state index < -0.39 is 4.92 Å². The molecule has 0 aliphatic heterocycles. The van der Waals surface area contributed by atoms with Gasteiger partial charge in [-0.25, -0.2) is 0 Å². The van der Waals surface area contributed by atoms with Crippen LogP contribution in [0.25, 0.3) is 0 Å². The number of nitrogen functional groups attached to an aromatic ring is 1. The second-order valence-corrected chi connectivity index (χ2v) is 2.55. The van der Waals surface area contributed by atoms with Crippen LogP contribution in [0.5, 0.6) is 0 Å². The zero-order valence-corrected chi connectivity index (χ0v) is 6.91. The van der Waals surface area contributed by atoms with Crippen LogP contribution in [0.2, 0.25) is 0 Å². The zero-order valence-electron chi connectivity index (χ0n) is 6.02. The highest BCUT2D eigenvalue weighted by Gasteiger charge is 2.13. The average Bonchev–Trinajstić information content (AvgIpc) is 2.03. The van der Waals surface area contributed by atoms with Crippen LogP contribution in [0.4, 0.5) is 11.4 Å². The maximum atomic E-state index is 10.4. The molecule has 0 unspecified atom stereocenters. The summed E-state index contributed by atoms with van der Waals surface area (Å²) in [5.74, 6) is 5.09. The van der Waals surface area contributed by atoms with Crippen molar-refractivity contribution in [3.8, 4) is 0 Å². The van der Waals surface area contributed by atoms with E-state index in [1.165, 1.54) is 6.07 Å². The number of anilines is 1. The zero-order chi connectivity index (χ0) is 9.14. The van der Waals surface area contributed by atoms with Gasteiger partial charge in [0.05, 0.1) is 4.92 Å². The van der Waals surface area contributed by atoms with E-state index in [0.717, 1.165) is 0 Å². The molecule has 5 nitrogen and oxygen atoms in total. The number of hydrogen-bond acceptors (Lipinski definition) is 5. The summed E-state index contributed by atoms with van der Waals surface area (Å²) < 4.78 is 0. The number of nitrogens with two attached hydrogens (primary N) is 1. The van der Waals surface area contributed by atoms with Gasteiger partial charge in [0, 0.05) is 11.0 Å². The minimum Gasteiger partial charge on any atom is -0.317 e. The standard InChI is InChI=1S/C6H7N3O2S/c7-8-6-4(9(10)11)2-1-3-5(6)12/h1-3,8,12H,7H2. The Balaban J connectivity index is 3.27. The molecule has 0 aliphatic carbocycles. The maximum Gasteiger partial charge on any atom is 0.294 e. The SMILES string of the molecule is NNc1c(S)cccc1[N+](=O)[O-]. The summed E-state index contributed by atoms with van der Waals surface area (Å²) >= 11 is 4.00. The number of hydrazine groups is 1. The van der Waals surface area contributed by atoms with E-state index in [9.17, 15) is 10.1 Å². The van der Waals surface area contributed by atoms with Gasteiger partial charge in [0.2, 0.25) is 0 Å². The van der Waals surface area contributed by atoms with Gasteiger partial charge in [0.25, 0.3) is 5.69 Å². The molecule has 12 heavy (non-hydrogen) atoms. The lowest BCUT2D eigenvalue weighted by atomic mass is 10.3. The molecule has 0 fully saturated rings. The fraction of sp³-hybridized carbons (Fsp3) is 0. The van der Waals surface area contributed by atoms with E-state index in [1.54, 1.807) is 12.1 Å². The Hall–Kier alpha value is -1.27.